The monoisotopic (exact) mass is 310 g/mol. The Bertz CT molecular complexity index is 562. The number of nitrogens with two attached hydrogens (primary N) is 1. The zero-order valence-corrected chi connectivity index (χ0v) is 11.1. The highest BCUT2D eigenvalue weighted by molar-refractivity contribution is 9.10. The maximum atomic E-state index is 13.0. The van der Waals surface area contributed by atoms with Gasteiger partial charge in [-0.05, 0) is 35.4 Å². The lowest BCUT2D eigenvalue weighted by Gasteiger charge is -2.13. The minimum Gasteiger partial charge on any atom is -0.388 e. The second kappa shape index (κ2) is 5.46. The zero-order chi connectivity index (χ0) is 13.1. The molecule has 0 spiro atoms. The smallest absolute Gasteiger partial charge is 0.124 e. The second-order valence-corrected chi connectivity index (χ2v) is 4.83. The molecule has 18 heavy (non-hydrogen) atoms. The lowest BCUT2D eigenvalue weighted by atomic mass is 10.0. The van der Waals surface area contributed by atoms with E-state index in [-0.39, 0.29) is 5.82 Å². The van der Waals surface area contributed by atoms with Crippen molar-refractivity contribution in [1.82, 2.24) is 4.98 Å². The van der Waals surface area contributed by atoms with E-state index in [2.05, 4.69) is 20.9 Å². The van der Waals surface area contributed by atoms with Crippen molar-refractivity contribution in [3.63, 3.8) is 0 Å². The maximum absolute atomic E-state index is 13.0. The summed E-state index contributed by atoms with van der Waals surface area (Å²) < 4.78 is 13.5. The molecule has 1 aromatic heterocycles. The van der Waals surface area contributed by atoms with E-state index in [0.29, 0.717) is 22.3 Å². The largest absolute Gasteiger partial charge is 0.388 e. The number of halogens is 2. The quantitative estimate of drug-likeness (QED) is 0.916. The third kappa shape index (κ3) is 3.05. The number of hydrogen-bond acceptors (Lipinski definition) is 3. The van der Waals surface area contributed by atoms with E-state index in [1.54, 1.807) is 24.4 Å². The molecule has 0 fully saturated rings. The second-order valence-electron chi connectivity index (χ2n) is 3.97. The van der Waals surface area contributed by atoms with Crippen LogP contribution in [0.5, 0.6) is 0 Å². The van der Waals surface area contributed by atoms with E-state index in [4.69, 9.17) is 5.73 Å². The lowest BCUT2D eigenvalue weighted by molar-refractivity contribution is 0.177. The molecule has 1 heterocycles. The van der Waals surface area contributed by atoms with Gasteiger partial charge in [0.1, 0.15) is 11.6 Å². The van der Waals surface area contributed by atoms with Crippen molar-refractivity contribution in [2.45, 2.75) is 12.5 Å². The molecule has 0 saturated carbocycles. The molecule has 2 aromatic rings. The molecule has 3 nitrogen and oxygen atoms in total. The number of anilines is 1. The van der Waals surface area contributed by atoms with Crippen LogP contribution in [0.1, 0.15) is 17.2 Å². The Morgan fingerprint density at radius 2 is 2.11 bits per heavy atom. The highest BCUT2D eigenvalue weighted by Gasteiger charge is 2.13. The standard InChI is InChI=1S/C13H12BrFN2O/c14-11-7-9(15)1-2-10(11)12(18)5-8-3-4-17-13(16)6-8/h1-4,6-7,12,18H,5H2,(H2,16,17). The summed E-state index contributed by atoms with van der Waals surface area (Å²) in [4.78, 5) is 3.89. The van der Waals surface area contributed by atoms with E-state index in [1.165, 1.54) is 12.1 Å². The normalized spacial score (nSPS) is 12.4. The van der Waals surface area contributed by atoms with Crippen molar-refractivity contribution in [1.29, 1.82) is 0 Å². The number of aliphatic hydroxyl groups is 1. The number of aromatic nitrogens is 1. The molecule has 3 N–H and O–H groups in total. The van der Waals surface area contributed by atoms with E-state index in [0.717, 1.165) is 5.56 Å². The third-order valence-corrected chi connectivity index (χ3v) is 3.28. The van der Waals surface area contributed by atoms with Gasteiger partial charge in [-0.3, -0.25) is 0 Å². The molecule has 0 bridgehead atoms. The van der Waals surface area contributed by atoms with Crippen LogP contribution in [-0.2, 0) is 6.42 Å². The van der Waals surface area contributed by atoms with Gasteiger partial charge in [0.25, 0.3) is 0 Å². The van der Waals surface area contributed by atoms with E-state index in [9.17, 15) is 9.50 Å². The Morgan fingerprint density at radius 1 is 1.33 bits per heavy atom. The molecular formula is C13H12BrFN2O. The molecule has 0 aliphatic rings. The average Bonchev–Trinajstić information content (AvgIpc) is 2.28. The number of nitrogens with zero attached hydrogens (tertiary/aromatic N) is 1. The van der Waals surface area contributed by atoms with Crippen molar-refractivity contribution < 1.29 is 9.50 Å². The number of rotatable bonds is 3. The Labute approximate surface area is 113 Å². The van der Waals surface area contributed by atoms with Crippen LogP contribution < -0.4 is 5.73 Å². The van der Waals surface area contributed by atoms with Gasteiger partial charge in [0.05, 0.1) is 6.10 Å². The number of pyridine rings is 1. The Hall–Kier alpha value is -1.46. The van der Waals surface area contributed by atoms with E-state index in [1.807, 2.05) is 0 Å². The molecule has 0 aliphatic carbocycles. The number of benzene rings is 1. The molecule has 1 aromatic carbocycles. The molecule has 94 valence electrons. The van der Waals surface area contributed by atoms with Gasteiger partial charge in [-0.2, -0.15) is 0 Å². The summed E-state index contributed by atoms with van der Waals surface area (Å²) in [5.41, 5.74) is 7.10. The van der Waals surface area contributed by atoms with Crippen LogP contribution >= 0.6 is 15.9 Å². The van der Waals surface area contributed by atoms with Gasteiger partial charge in [-0.25, -0.2) is 9.37 Å². The SMILES string of the molecule is Nc1cc(CC(O)c2ccc(F)cc2Br)ccn1. The molecular weight excluding hydrogens is 299 g/mol. The molecule has 0 saturated heterocycles. The molecule has 1 atom stereocenters. The van der Waals surface area contributed by atoms with Crippen LogP contribution in [0, 0.1) is 5.82 Å². The van der Waals surface area contributed by atoms with Crippen molar-refractivity contribution in [3.05, 3.63) is 57.9 Å². The van der Waals surface area contributed by atoms with Gasteiger partial charge in [-0.1, -0.05) is 22.0 Å². The first kappa shape index (κ1) is 13.0. The first-order chi connectivity index (χ1) is 8.56. The van der Waals surface area contributed by atoms with Gasteiger partial charge in [-0.15, -0.1) is 0 Å². The molecule has 2 rings (SSSR count). The molecule has 5 heteroatoms. The van der Waals surface area contributed by atoms with Gasteiger partial charge >= 0.3 is 0 Å². The minimum absolute atomic E-state index is 0.342. The van der Waals surface area contributed by atoms with Crippen molar-refractivity contribution in [2.75, 3.05) is 5.73 Å². The van der Waals surface area contributed by atoms with Gasteiger partial charge in [0.15, 0.2) is 0 Å². The Balaban J connectivity index is 2.19. The van der Waals surface area contributed by atoms with Crippen molar-refractivity contribution >= 4 is 21.7 Å². The summed E-state index contributed by atoms with van der Waals surface area (Å²) in [7, 11) is 0. The predicted molar refractivity (Wildman–Crippen MR) is 71.4 cm³/mol. The van der Waals surface area contributed by atoms with Crippen molar-refractivity contribution in [3.8, 4) is 0 Å². The van der Waals surface area contributed by atoms with Crippen LogP contribution in [0.15, 0.2) is 41.0 Å². The van der Waals surface area contributed by atoms with Gasteiger partial charge in [0.2, 0.25) is 0 Å². The Morgan fingerprint density at radius 3 is 2.78 bits per heavy atom. The minimum atomic E-state index is -0.721. The molecule has 0 radical (unpaired) electrons. The first-order valence-electron chi connectivity index (χ1n) is 5.39. The summed E-state index contributed by atoms with van der Waals surface area (Å²) in [5.74, 6) is 0.0730. The topological polar surface area (TPSA) is 59.1 Å². The highest BCUT2D eigenvalue weighted by atomic mass is 79.9. The van der Waals surface area contributed by atoms with E-state index < -0.39 is 6.10 Å². The predicted octanol–water partition coefficient (Wildman–Crippen LogP) is 2.84. The summed E-state index contributed by atoms with van der Waals surface area (Å²) in [5, 5.41) is 10.1. The number of hydrogen-bond donors (Lipinski definition) is 2. The van der Waals surface area contributed by atoms with Gasteiger partial charge in [0, 0.05) is 17.1 Å². The lowest BCUT2D eigenvalue weighted by Crippen LogP contribution is -2.04. The fraction of sp³-hybridized carbons (Fsp3) is 0.154. The summed E-state index contributed by atoms with van der Waals surface area (Å²) in [6.07, 6.45) is 1.27. The zero-order valence-electron chi connectivity index (χ0n) is 9.48. The summed E-state index contributed by atoms with van der Waals surface area (Å²) in [6.45, 7) is 0. The highest BCUT2D eigenvalue weighted by Crippen LogP contribution is 2.27. The van der Waals surface area contributed by atoms with E-state index >= 15 is 0 Å². The van der Waals surface area contributed by atoms with Crippen LogP contribution in [0.3, 0.4) is 0 Å². The first-order valence-corrected chi connectivity index (χ1v) is 6.19. The Kier molecular flexibility index (Phi) is 3.93. The van der Waals surface area contributed by atoms with Crippen LogP contribution in [0.4, 0.5) is 10.2 Å². The number of nitrogen functional groups attached to an aromatic ring is 1. The average molecular weight is 311 g/mol. The third-order valence-electron chi connectivity index (χ3n) is 2.60. The molecule has 1 unspecified atom stereocenters. The van der Waals surface area contributed by atoms with Crippen LogP contribution in [0.25, 0.3) is 0 Å². The molecule has 0 aliphatic heterocycles. The van der Waals surface area contributed by atoms with Crippen LogP contribution in [0.2, 0.25) is 0 Å². The van der Waals surface area contributed by atoms with Crippen LogP contribution in [-0.4, -0.2) is 10.1 Å². The maximum Gasteiger partial charge on any atom is 0.124 e. The fourth-order valence-corrected chi connectivity index (χ4v) is 2.34. The fourth-order valence-electron chi connectivity index (χ4n) is 1.73. The summed E-state index contributed by atoms with van der Waals surface area (Å²) >= 11 is 3.24. The molecule has 0 amide bonds. The van der Waals surface area contributed by atoms with Gasteiger partial charge < -0.3 is 10.8 Å². The van der Waals surface area contributed by atoms with Crippen molar-refractivity contribution in [2.24, 2.45) is 0 Å². The number of aliphatic hydroxyl groups excluding tert-OH is 1. The summed E-state index contributed by atoms with van der Waals surface area (Å²) in [6, 6.07) is 7.72.